The van der Waals surface area contributed by atoms with Gasteiger partial charge in [-0.2, -0.15) is 0 Å². The molecule has 4 nitrogen and oxygen atoms in total. The van der Waals surface area contributed by atoms with Gasteiger partial charge < -0.3 is 14.8 Å². The van der Waals surface area contributed by atoms with E-state index >= 15 is 0 Å². The third-order valence-electron chi connectivity index (χ3n) is 3.05. The number of methoxy groups -OCH3 is 1. The number of rotatable bonds is 8. The maximum atomic E-state index is 5.81. The zero-order chi connectivity index (χ0) is 15.1. The largest absolute Gasteiger partial charge is 0.497 e. The normalized spacial score (nSPS) is 10.6. The molecule has 114 valence electrons. The van der Waals surface area contributed by atoms with Crippen LogP contribution in [-0.4, -0.2) is 19.1 Å². The van der Waals surface area contributed by atoms with Crippen LogP contribution in [0.5, 0.6) is 11.5 Å². The number of hydrogen-bond acceptors (Lipinski definition) is 5. The van der Waals surface area contributed by atoms with Crippen LogP contribution in [0, 0.1) is 0 Å². The first-order valence-corrected chi connectivity index (χ1v) is 7.97. The van der Waals surface area contributed by atoms with Gasteiger partial charge in [-0.25, -0.2) is 4.98 Å². The van der Waals surface area contributed by atoms with Gasteiger partial charge in [-0.05, 0) is 25.6 Å². The summed E-state index contributed by atoms with van der Waals surface area (Å²) in [6.07, 6.45) is 2.13. The van der Waals surface area contributed by atoms with Crippen LogP contribution in [0.15, 0.2) is 24.3 Å². The van der Waals surface area contributed by atoms with E-state index in [-0.39, 0.29) is 0 Å². The van der Waals surface area contributed by atoms with Crippen molar-refractivity contribution in [2.24, 2.45) is 0 Å². The maximum absolute atomic E-state index is 5.81. The molecule has 0 atom stereocenters. The highest BCUT2D eigenvalue weighted by Crippen LogP contribution is 2.23. The molecule has 0 aliphatic carbocycles. The number of thiazole rings is 1. The fourth-order valence-corrected chi connectivity index (χ4v) is 3.11. The van der Waals surface area contributed by atoms with E-state index in [1.807, 2.05) is 31.3 Å². The topological polar surface area (TPSA) is 43.4 Å². The van der Waals surface area contributed by atoms with Crippen LogP contribution in [0.3, 0.4) is 0 Å². The van der Waals surface area contributed by atoms with E-state index < -0.39 is 0 Å². The second-order valence-corrected chi connectivity index (χ2v) is 5.89. The van der Waals surface area contributed by atoms with Gasteiger partial charge in [0.15, 0.2) is 0 Å². The van der Waals surface area contributed by atoms with Crippen LogP contribution in [-0.2, 0) is 19.6 Å². The van der Waals surface area contributed by atoms with Crippen molar-refractivity contribution in [3.63, 3.8) is 0 Å². The van der Waals surface area contributed by atoms with E-state index in [2.05, 4.69) is 12.2 Å². The molecule has 1 aromatic heterocycles. The molecule has 1 N–H and O–H groups in total. The number of aromatic nitrogens is 1. The van der Waals surface area contributed by atoms with Crippen LogP contribution in [0.4, 0.5) is 0 Å². The molecule has 0 aliphatic heterocycles. The van der Waals surface area contributed by atoms with Gasteiger partial charge in [0.1, 0.15) is 23.1 Å². The van der Waals surface area contributed by atoms with Gasteiger partial charge >= 0.3 is 0 Å². The van der Waals surface area contributed by atoms with Crippen molar-refractivity contribution in [2.45, 2.75) is 32.9 Å². The first-order chi connectivity index (χ1) is 10.3. The summed E-state index contributed by atoms with van der Waals surface area (Å²) in [5, 5.41) is 4.22. The first kappa shape index (κ1) is 15.8. The molecule has 0 aliphatic rings. The van der Waals surface area contributed by atoms with E-state index in [1.54, 1.807) is 18.4 Å². The molecule has 0 saturated carbocycles. The quantitative estimate of drug-likeness (QED) is 0.812. The zero-order valence-electron chi connectivity index (χ0n) is 12.8. The second-order valence-electron chi connectivity index (χ2n) is 4.73. The highest BCUT2D eigenvalue weighted by atomic mass is 32.1. The van der Waals surface area contributed by atoms with Gasteiger partial charge in [-0.1, -0.05) is 19.4 Å². The van der Waals surface area contributed by atoms with Crippen molar-refractivity contribution in [3.05, 3.63) is 39.8 Å². The number of nitrogens with one attached hydrogen (secondary N) is 1. The Balaban J connectivity index is 2.03. The van der Waals surface area contributed by atoms with Crippen LogP contribution < -0.4 is 14.8 Å². The Morgan fingerprint density at radius 3 is 2.81 bits per heavy atom. The molecule has 0 amide bonds. The summed E-state index contributed by atoms with van der Waals surface area (Å²) in [5.74, 6) is 1.60. The number of nitrogens with zero attached hydrogens (tertiary/aromatic N) is 1. The minimum Gasteiger partial charge on any atom is -0.497 e. The molecular weight excluding hydrogens is 284 g/mol. The monoisotopic (exact) mass is 306 g/mol. The fourth-order valence-electron chi connectivity index (χ4n) is 2.07. The smallest absolute Gasteiger partial charge is 0.140 e. The molecule has 5 heteroatoms. The fraction of sp³-hybridized carbons (Fsp3) is 0.438. The van der Waals surface area contributed by atoms with Crippen molar-refractivity contribution in [1.82, 2.24) is 10.3 Å². The van der Waals surface area contributed by atoms with Crippen molar-refractivity contribution in [2.75, 3.05) is 14.2 Å². The minimum atomic E-state index is 0.498. The number of ether oxygens (including phenoxy) is 2. The van der Waals surface area contributed by atoms with Gasteiger partial charge in [0.05, 0.1) is 12.8 Å². The van der Waals surface area contributed by atoms with Crippen molar-refractivity contribution in [1.29, 1.82) is 0 Å². The van der Waals surface area contributed by atoms with Gasteiger partial charge in [-0.15, -0.1) is 11.3 Å². The van der Waals surface area contributed by atoms with E-state index in [4.69, 9.17) is 14.5 Å². The van der Waals surface area contributed by atoms with Crippen LogP contribution >= 0.6 is 11.3 Å². The molecule has 0 fully saturated rings. The van der Waals surface area contributed by atoms with Crippen molar-refractivity contribution >= 4 is 11.3 Å². The molecule has 21 heavy (non-hydrogen) atoms. The number of aryl methyl sites for hydroxylation is 1. The van der Waals surface area contributed by atoms with Crippen LogP contribution in [0.2, 0.25) is 0 Å². The molecule has 0 radical (unpaired) electrons. The lowest BCUT2D eigenvalue weighted by atomic mass is 10.2. The standard InChI is InChI=1S/C16H22N2O2S/c1-4-6-14-15(10-17-2)21-16(18-14)11-20-13-8-5-7-12(9-13)19-3/h5,7-9,17H,4,6,10-11H2,1-3H3. The third kappa shape index (κ3) is 4.44. The Morgan fingerprint density at radius 2 is 2.10 bits per heavy atom. The molecule has 1 aromatic carbocycles. The minimum absolute atomic E-state index is 0.498. The molecule has 0 saturated heterocycles. The van der Waals surface area contributed by atoms with E-state index in [0.29, 0.717) is 6.61 Å². The van der Waals surface area contributed by atoms with E-state index in [0.717, 1.165) is 35.9 Å². The predicted octanol–water partition coefficient (Wildman–Crippen LogP) is 3.40. The Labute approximate surface area is 130 Å². The Bertz CT molecular complexity index is 546. The molecule has 0 spiro atoms. The second kappa shape index (κ2) is 8.00. The highest BCUT2D eigenvalue weighted by Gasteiger charge is 2.10. The zero-order valence-corrected chi connectivity index (χ0v) is 13.6. The van der Waals surface area contributed by atoms with Crippen molar-refractivity contribution in [3.8, 4) is 11.5 Å². The van der Waals surface area contributed by atoms with E-state index in [9.17, 15) is 0 Å². The molecule has 2 rings (SSSR count). The van der Waals surface area contributed by atoms with Gasteiger partial charge in [0.25, 0.3) is 0 Å². The lowest BCUT2D eigenvalue weighted by molar-refractivity contribution is 0.303. The molecule has 2 aromatic rings. The predicted molar refractivity (Wildman–Crippen MR) is 86.2 cm³/mol. The number of hydrogen-bond donors (Lipinski definition) is 1. The SMILES string of the molecule is CCCc1nc(COc2cccc(OC)c2)sc1CNC. The summed E-state index contributed by atoms with van der Waals surface area (Å²) in [7, 11) is 3.61. The summed E-state index contributed by atoms with van der Waals surface area (Å²) in [6, 6.07) is 7.64. The molecule has 0 unspecified atom stereocenters. The lowest BCUT2D eigenvalue weighted by Crippen LogP contribution is -2.05. The average molecular weight is 306 g/mol. The summed E-state index contributed by atoms with van der Waals surface area (Å²) in [5.41, 5.74) is 1.20. The summed E-state index contributed by atoms with van der Waals surface area (Å²) in [4.78, 5) is 6.01. The van der Waals surface area contributed by atoms with Gasteiger partial charge in [0, 0.05) is 17.5 Å². The lowest BCUT2D eigenvalue weighted by Gasteiger charge is -2.05. The third-order valence-corrected chi connectivity index (χ3v) is 4.12. The van der Waals surface area contributed by atoms with Crippen molar-refractivity contribution < 1.29 is 9.47 Å². The summed E-state index contributed by atoms with van der Waals surface area (Å²) < 4.78 is 11.0. The molecule has 0 bridgehead atoms. The average Bonchev–Trinajstić information content (AvgIpc) is 2.88. The summed E-state index contributed by atoms with van der Waals surface area (Å²) >= 11 is 1.72. The van der Waals surface area contributed by atoms with Crippen LogP contribution in [0.25, 0.3) is 0 Å². The molecular formula is C16H22N2O2S. The van der Waals surface area contributed by atoms with Crippen LogP contribution in [0.1, 0.15) is 28.9 Å². The van der Waals surface area contributed by atoms with Gasteiger partial charge in [0.2, 0.25) is 0 Å². The van der Waals surface area contributed by atoms with E-state index in [1.165, 1.54) is 10.6 Å². The van der Waals surface area contributed by atoms with Gasteiger partial charge in [-0.3, -0.25) is 0 Å². The highest BCUT2D eigenvalue weighted by molar-refractivity contribution is 7.11. The number of benzene rings is 1. The maximum Gasteiger partial charge on any atom is 0.140 e. The Hall–Kier alpha value is -1.59. The first-order valence-electron chi connectivity index (χ1n) is 7.15. The Kier molecular flexibility index (Phi) is 6.02. The summed E-state index contributed by atoms with van der Waals surface area (Å²) in [6.45, 7) is 3.54. The molecule has 1 heterocycles. The Morgan fingerprint density at radius 1 is 1.29 bits per heavy atom.